The van der Waals surface area contributed by atoms with Crippen LogP contribution < -0.4 is 0 Å². The van der Waals surface area contributed by atoms with Crippen LogP contribution in [0.15, 0.2) is 0 Å². The molecule has 0 rings (SSSR count). The van der Waals surface area contributed by atoms with Gasteiger partial charge in [0.2, 0.25) is 0 Å². The van der Waals surface area contributed by atoms with Crippen molar-refractivity contribution in [3.05, 3.63) is 0 Å². The summed E-state index contributed by atoms with van der Waals surface area (Å²) < 4.78 is 25.5. The van der Waals surface area contributed by atoms with E-state index >= 15 is 0 Å². The SMILES string of the molecule is CCCCC(C)O[Si](C)(C)O[Si](C)(C)O[Si](C)(C)OC(C)CCCC. The maximum absolute atomic E-state index is 6.46. The molecule has 2 atom stereocenters. The lowest BCUT2D eigenvalue weighted by Crippen LogP contribution is -2.55. The van der Waals surface area contributed by atoms with Gasteiger partial charge in [0.1, 0.15) is 0 Å². The number of rotatable bonds is 14. The molecule has 0 aromatic carbocycles. The highest BCUT2D eigenvalue weighted by molar-refractivity contribution is 6.84. The second-order valence-electron chi connectivity index (χ2n) is 8.55. The Morgan fingerprint density at radius 3 is 1.20 bits per heavy atom. The molecule has 0 amide bonds. The van der Waals surface area contributed by atoms with Crippen LogP contribution in [0.5, 0.6) is 0 Å². The first-order chi connectivity index (χ1) is 11.3. The second kappa shape index (κ2) is 11.4. The standard InChI is InChI=1S/C18H44O4Si3/c1-11-13-15-17(3)19-23(5,6)21-25(9,10)22-24(7,8)20-18(4)16-14-12-2/h17-18H,11-16H2,1-10H3. The van der Waals surface area contributed by atoms with Crippen molar-refractivity contribution in [1.82, 2.24) is 0 Å². The molecule has 0 aliphatic heterocycles. The maximum Gasteiger partial charge on any atom is 0.323 e. The fraction of sp³-hybridized carbons (Fsp3) is 1.00. The summed E-state index contributed by atoms with van der Waals surface area (Å²) in [6.07, 6.45) is 7.50. The lowest BCUT2D eigenvalue weighted by molar-refractivity contribution is 0.137. The summed E-state index contributed by atoms with van der Waals surface area (Å²) in [7, 11) is -6.72. The van der Waals surface area contributed by atoms with Gasteiger partial charge in [-0.1, -0.05) is 39.5 Å². The van der Waals surface area contributed by atoms with Gasteiger partial charge in [-0.3, -0.25) is 0 Å². The Kier molecular flexibility index (Phi) is 11.6. The van der Waals surface area contributed by atoms with E-state index in [0.29, 0.717) is 0 Å². The normalized spacial score (nSPS) is 16.1. The Bertz CT molecular complexity index is 330. The van der Waals surface area contributed by atoms with Gasteiger partial charge in [-0.15, -0.1) is 0 Å². The van der Waals surface area contributed by atoms with Gasteiger partial charge in [0.15, 0.2) is 0 Å². The summed E-state index contributed by atoms with van der Waals surface area (Å²) in [5, 5.41) is 0. The average Bonchev–Trinajstić information content (AvgIpc) is 2.38. The van der Waals surface area contributed by atoms with Crippen LogP contribution in [0.1, 0.15) is 66.2 Å². The third kappa shape index (κ3) is 13.3. The second-order valence-corrected chi connectivity index (χ2v) is 19.0. The number of hydrogen-bond donors (Lipinski definition) is 0. The monoisotopic (exact) mass is 408 g/mol. The van der Waals surface area contributed by atoms with Gasteiger partial charge in [0.25, 0.3) is 0 Å². The van der Waals surface area contributed by atoms with E-state index in [4.69, 9.17) is 17.1 Å². The smallest absolute Gasteiger partial charge is 0.323 e. The summed E-state index contributed by atoms with van der Waals surface area (Å²) in [5.74, 6) is 0. The van der Waals surface area contributed by atoms with E-state index in [2.05, 4.69) is 67.0 Å². The Morgan fingerprint density at radius 1 is 0.600 bits per heavy atom. The number of hydrogen-bond acceptors (Lipinski definition) is 4. The molecule has 0 aromatic heterocycles. The molecule has 0 heterocycles. The van der Waals surface area contributed by atoms with E-state index < -0.39 is 25.7 Å². The van der Waals surface area contributed by atoms with Crippen molar-refractivity contribution < 1.29 is 17.1 Å². The zero-order valence-electron chi connectivity index (χ0n) is 18.5. The van der Waals surface area contributed by atoms with Crippen molar-refractivity contribution in [3.8, 4) is 0 Å². The largest absolute Gasteiger partial charge is 0.415 e. The van der Waals surface area contributed by atoms with E-state index in [1.165, 1.54) is 25.7 Å². The molecule has 0 aliphatic rings. The van der Waals surface area contributed by atoms with Gasteiger partial charge in [0, 0.05) is 12.2 Å². The van der Waals surface area contributed by atoms with E-state index in [-0.39, 0.29) is 12.2 Å². The van der Waals surface area contributed by atoms with Gasteiger partial charge >= 0.3 is 25.7 Å². The predicted molar refractivity (Wildman–Crippen MR) is 115 cm³/mol. The highest BCUT2D eigenvalue weighted by Crippen LogP contribution is 2.24. The minimum absolute atomic E-state index is 0.252. The highest BCUT2D eigenvalue weighted by atomic mass is 28.5. The molecule has 0 aliphatic carbocycles. The van der Waals surface area contributed by atoms with Crippen LogP contribution in [0.4, 0.5) is 0 Å². The topological polar surface area (TPSA) is 36.9 Å². The van der Waals surface area contributed by atoms with Crippen molar-refractivity contribution in [2.75, 3.05) is 0 Å². The van der Waals surface area contributed by atoms with Crippen LogP contribution >= 0.6 is 0 Å². The molecule has 0 fully saturated rings. The lowest BCUT2D eigenvalue weighted by atomic mass is 10.2. The fourth-order valence-electron chi connectivity index (χ4n) is 3.32. The van der Waals surface area contributed by atoms with E-state index in [9.17, 15) is 0 Å². The van der Waals surface area contributed by atoms with Crippen LogP contribution in [-0.4, -0.2) is 37.9 Å². The van der Waals surface area contributed by atoms with Crippen molar-refractivity contribution in [2.45, 2.75) is 118 Å². The summed E-state index contributed by atoms with van der Waals surface area (Å²) in [6, 6.07) is 0. The van der Waals surface area contributed by atoms with Gasteiger partial charge < -0.3 is 17.1 Å². The van der Waals surface area contributed by atoms with E-state index in [1.807, 2.05) is 0 Å². The first-order valence-electron chi connectivity index (χ1n) is 10.1. The lowest BCUT2D eigenvalue weighted by Gasteiger charge is -2.39. The van der Waals surface area contributed by atoms with Crippen molar-refractivity contribution in [3.63, 3.8) is 0 Å². The third-order valence-electron chi connectivity index (χ3n) is 3.88. The molecule has 0 saturated heterocycles. The maximum atomic E-state index is 6.46. The summed E-state index contributed by atoms with van der Waals surface area (Å²) >= 11 is 0. The molecule has 0 aromatic rings. The molecule has 0 N–H and O–H groups in total. The van der Waals surface area contributed by atoms with Crippen LogP contribution in [0.3, 0.4) is 0 Å². The van der Waals surface area contributed by atoms with Crippen LogP contribution in [0.25, 0.3) is 0 Å². The molecular formula is C18H44O4Si3. The zero-order chi connectivity index (χ0) is 19.7. The van der Waals surface area contributed by atoms with Crippen molar-refractivity contribution in [1.29, 1.82) is 0 Å². The van der Waals surface area contributed by atoms with Gasteiger partial charge in [0.05, 0.1) is 0 Å². The first kappa shape index (κ1) is 25.5. The summed E-state index contributed by atoms with van der Waals surface area (Å²) in [5.41, 5.74) is 0. The van der Waals surface area contributed by atoms with Crippen LogP contribution in [-0.2, 0) is 17.1 Å². The quantitative estimate of drug-likeness (QED) is 0.315. The Labute approximate surface area is 160 Å². The van der Waals surface area contributed by atoms with Crippen molar-refractivity contribution in [2.24, 2.45) is 0 Å². The van der Waals surface area contributed by atoms with Gasteiger partial charge in [-0.05, 0) is 66.0 Å². The minimum atomic E-state index is -2.30. The minimum Gasteiger partial charge on any atom is -0.415 e. The fourth-order valence-corrected chi connectivity index (χ4v) is 15.9. The molecule has 152 valence electrons. The van der Waals surface area contributed by atoms with E-state index in [0.717, 1.165) is 12.8 Å². The van der Waals surface area contributed by atoms with E-state index in [1.54, 1.807) is 0 Å². The summed E-state index contributed by atoms with van der Waals surface area (Å²) in [4.78, 5) is 0. The zero-order valence-corrected chi connectivity index (χ0v) is 21.5. The van der Waals surface area contributed by atoms with Crippen LogP contribution in [0.2, 0.25) is 39.3 Å². The molecular weight excluding hydrogens is 364 g/mol. The molecule has 0 radical (unpaired) electrons. The molecule has 25 heavy (non-hydrogen) atoms. The number of unbranched alkanes of at least 4 members (excludes halogenated alkanes) is 2. The van der Waals surface area contributed by atoms with Crippen molar-refractivity contribution >= 4 is 25.7 Å². The Balaban J connectivity index is 4.61. The Hall–Kier alpha value is 0.491. The van der Waals surface area contributed by atoms with Gasteiger partial charge in [-0.2, -0.15) is 0 Å². The predicted octanol–water partition coefficient (Wildman–Crippen LogP) is 6.32. The molecule has 0 bridgehead atoms. The molecule has 7 heteroatoms. The van der Waals surface area contributed by atoms with Gasteiger partial charge in [-0.25, -0.2) is 0 Å². The molecule has 0 spiro atoms. The van der Waals surface area contributed by atoms with Crippen LogP contribution in [0, 0.1) is 0 Å². The highest BCUT2D eigenvalue weighted by Gasteiger charge is 2.42. The average molecular weight is 409 g/mol. The molecule has 0 saturated carbocycles. The molecule has 2 unspecified atom stereocenters. The third-order valence-corrected chi connectivity index (χ3v) is 13.7. The first-order valence-corrected chi connectivity index (χ1v) is 18.5. The molecule has 4 nitrogen and oxygen atoms in total. The Morgan fingerprint density at radius 2 is 0.920 bits per heavy atom. The summed E-state index contributed by atoms with van der Waals surface area (Å²) in [6.45, 7) is 21.5.